The predicted octanol–water partition coefficient (Wildman–Crippen LogP) is 3.49. The number of hydrogen-bond donors (Lipinski definition) is 0. The van der Waals surface area contributed by atoms with Crippen LogP contribution in [0.1, 0.15) is 18.4 Å². The number of ether oxygens (including phenoxy) is 1. The largest absolute Gasteiger partial charge is 0.487 e. The molecule has 1 fully saturated rings. The fourth-order valence-electron chi connectivity index (χ4n) is 2.48. The maximum Gasteiger partial charge on any atom is 0.225 e. The number of aryl methyl sites for hydroxylation is 1. The molecule has 2 aromatic rings. The molecule has 0 N–H and O–H groups in total. The summed E-state index contributed by atoms with van der Waals surface area (Å²) in [6.07, 6.45) is 5.89. The highest BCUT2D eigenvalue weighted by atomic mass is 35.5. The lowest BCUT2D eigenvalue weighted by Gasteiger charge is -2.33. The molecule has 5 heteroatoms. The Labute approximate surface area is 129 Å². The third-order valence-electron chi connectivity index (χ3n) is 3.56. The van der Waals surface area contributed by atoms with Gasteiger partial charge in [-0.15, -0.1) is 0 Å². The van der Waals surface area contributed by atoms with Crippen molar-refractivity contribution in [3.05, 3.63) is 47.2 Å². The minimum Gasteiger partial charge on any atom is -0.487 e. The predicted molar refractivity (Wildman–Crippen MR) is 84.1 cm³/mol. The lowest BCUT2D eigenvalue weighted by molar-refractivity contribution is 0.179. The van der Waals surface area contributed by atoms with Gasteiger partial charge >= 0.3 is 0 Å². The van der Waals surface area contributed by atoms with E-state index in [9.17, 15) is 0 Å². The molecule has 3 rings (SSSR count). The van der Waals surface area contributed by atoms with Crippen LogP contribution in [0.4, 0.5) is 5.95 Å². The van der Waals surface area contributed by atoms with Gasteiger partial charge in [-0.05, 0) is 37.5 Å². The summed E-state index contributed by atoms with van der Waals surface area (Å²) in [6.45, 7) is 3.74. The average Bonchev–Trinajstić information content (AvgIpc) is 2.51. The molecule has 2 heterocycles. The van der Waals surface area contributed by atoms with E-state index in [1.807, 2.05) is 43.6 Å². The SMILES string of the molecule is Cc1cnc(N2CCCC(Oc3ccccc3Cl)C2)nc1. The maximum atomic E-state index is 6.15. The van der Waals surface area contributed by atoms with E-state index in [1.54, 1.807) is 0 Å². The Morgan fingerprint density at radius 1 is 1.24 bits per heavy atom. The van der Waals surface area contributed by atoms with E-state index in [-0.39, 0.29) is 6.10 Å². The van der Waals surface area contributed by atoms with Gasteiger partial charge in [-0.1, -0.05) is 23.7 Å². The summed E-state index contributed by atoms with van der Waals surface area (Å²) < 4.78 is 6.03. The highest BCUT2D eigenvalue weighted by Gasteiger charge is 2.23. The Kier molecular flexibility index (Phi) is 4.25. The molecule has 1 unspecified atom stereocenters. The molecular formula is C16H18ClN3O. The summed E-state index contributed by atoms with van der Waals surface area (Å²) in [5, 5.41) is 0.654. The first kappa shape index (κ1) is 14.1. The number of halogens is 1. The Morgan fingerprint density at radius 3 is 2.76 bits per heavy atom. The van der Waals surface area contributed by atoms with Crippen molar-refractivity contribution < 1.29 is 4.74 Å². The zero-order valence-electron chi connectivity index (χ0n) is 12.0. The van der Waals surface area contributed by atoms with Gasteiger partial charge in [-0.25, -0.2) is 9.97 Å². The first-order chi connectivity index (χ1) is 10.2. The molecule has 0 radical (unpaired) electrons. The van der Waals surface area contributed by atoms with E-state index < -0.39 is 0 Å². The summed E-state index contributed by atoms with van der Waals surface area (Å²) in [6, 6.07) is 7.59. The fourth-order valence-corrected chi connectivity index (χ4v) is 2.67. The van der Waals surface area contributed by atoms with Crippen molar-refractivity contribution >= 4 is 17.5 Å². The number of piperidine rings is 1. The second-order valence-electron chi connectivity index (χ2n) is 5.32. The van der Waals surface area contributed by atoms with Crippen molar-refractivity contribution in [2.24, 2.45) is 0 Å². The van der Waals surface area contributed by atoms with Crippen LogP contribution in [-0.4, -0.2) is 29.2 Å². The molecule has 110 valence electrons. The summed E-state index contributed by atoms with van der Waals surface area (Å²) in [4.78, 5) is 11.0. The summed E-state index contributed by atoms with van der Waals surface area (Å²) in [5.41, 5.74) is 1.07. The van der Waals surface area contributed by atoms with Crippen molar-refractivity contribution in [3.63, 3.8) is 0 Å². The monoisotopic (exact) mass is 303 g/mol. The van der Waals surface area contributed by atoms with Crippen molar-refractivity contribution in [2.75, 3.05) is 18.0 Å². The summed E-state index contributed by atoms with van der Waals surface area (Å²) in [5.74, 6) is 1.52. The zero-order chi connectivity index (χ0) is 14.7. The van der Waals surface area contributed by atoms with Gasteiger partial charge in [0.15, 0.2) is 0 Å². The highest BCUT2D eigenvalue weighted by molar-refractivity contribution is 6.32. The van der Waals surface area contributed by atoms with E-state index in [4.69, 9.17) is 16.3 Å². The van der Waals surface area contributed by atoms with Gasteiger partial charge in [0.2, 0.25) is 5.95 Å². The normalized spacial score (nSPS) is 18.6. The quantitative estimate of drug-likeness (QED) is 0.870. The fraction of sp³-hybridized carbons (Fsp3) is 0.375. The molecule has 1 aromatic carbocycles. The van der Waals surface area contributed by atoms with Crippen LogP contribution in [0, 0.1) is 6.92 Å². The molecule has 21 heavy (non-hydrogen) atoms. The Morgan fingerprint density at radius 2 is 2.00 bits per heavy atom. The lowest BCUT2D eigenvalue weighted by Crippen LogP contribution is -2.42. The van der Waals surface area contributed by atoms with Crippen LogP contribution in [0.2, 0.25) is 5.02 Å². The van der Waals surface area contributed by atoms with Gasteiger partial charge in [-0.2, -0.15) is 0 Å². The Balaban J connectivity index is 1.68. The minimum atomic E-state index is 0.114. The number of rotatable bonds is 3. The molecule has 4 nitrogen and oxygen atoms in total. The number of aromatic nitrogens is 2. The van der Waals surface area contributed by atoms with Crippen LogP contribution in [-0.2, 0) is 0 Å². The van der Waals surface area contributed by atoms with Crippen LogP contribution < -0.4 is 9.64 Å². The van der Waals surface area contributed by atoms with Crippen molar-refractivity contribution in [1.29, 1.82) is 0 Å². The molecule has 0 saturated carbocycles. The molecule has 1 aliphatic heterocycles. The van der Waals surface area contributed by atoms with E-state index in [1.165, 1.54) is 0 Å². The van der Waals surface area contributed by atoms with Gasteiger partial charge in [0.1, 0.15) is 11.9 Å². The Hall–Kier alpha value is -1.81. The average molecular weight is 304 g/mol. The molecule has 1 aromatic heterocycles. The van der Waals surface area contributed by atoms with Gasteiger partial charge in [0.25, 0.3) is 0 Å². The molecule has 1 aliphatic rings. The zero-order valence-corrected chi connectivity index (χ0v) is 12.8. The van der Waals surface area contributed by atoms with Gasteiger partial charge < -0.3 is 9.64 Å². The molecule has 1 saturated heterocycles. The highest BCUT2D eigenvalue weighted by Crippen LogP contribution is 2.27. The van der Waals surface area contributed by atoms with E-state index in [0.717, 1.165) is 43.2 Å². The van der Waals surface area contributed by atoms with Crippen LogP contribution in [0.25, 0.3) is 0 Å². The van der Waals surface area contributed by atoms with Crippen LogP contribution in [0.5, 0.6) is 5.75 Å². The summed E-state index contributed by atoms with van der Waals surface area (Å²) in [7, 11) is 0. The second-order valence-corrected chi connectivity index (χ2v) is 5.73. The summed E-state index contributed by atoms with van der Waals surface area (Å²) >= 11 is 6.15. The second kappa shape index (κ2) is 6.31. The smallest absolute Gasteiger partial charge is 0.225 e. The molecule has 0 spiro atoms. The third-order valence-corrected chi connectivity index (χ3v) is 3.87. The van der Waals surface area contributed by atoms with E-state index >= 15 is 0 Å². The van der Waals surface area contributed by atoms with Crippen molar-refractivity contribution in [2.45, 2.75) is 25.9 Å². The standard InChI is InChI=1S/C16H18ClN3O/c1-12-9-18-16(19-10-12)20-8-4-5-13(11-20)21-15-7-3-2-6-14(15)17/h2-3,6-7,9-10,13H,4-5,8,11H2,1H3. The van der Waals surface area contributed by atoms with E-state index in [2.05, 4.69) is 14.9 Å². The minimum absolute atomic E-state index is 0.114. The van der Waals surface area contributed by atoms with E-state index in [0.29, 0.717) is 5.02 Å². The first-order valence-electron chi connectivity index (χ1n) is 7.17. The topological polar surface area (TPSA) is 38.2 Å². The Bertz CT molecular complexity index is 603. The van der Waals surface area contributed by atoms with Crippen LogP contribution in [0.15, 0.2) is 36.7 Å². The number of anilines is 1. The van der Waals surface area contributed by atoms with Gasteiger partial charge in [0, 0.05) is 18.9 Å². The molecule has 0 aliphatic carbocycles. The molecular weight excluding hydrogens is 286 g/mol. The van der Waals surface area contributed by atoms with Crippen molar-refractivity contribution in [1.82, 2.24) is 9.97 Å². The van der Waals surface area contributed by atoms with Gasteiger partial charge in [-0.3, -0.25) is 0 Å². The lowest BCUT2D eigenvalue weighted by atomic mass is 10.1. The number of nitrogens with zero attached hydrogens (tertiary/aromatic N) is 3. The molecule has 1 atom stereocenters. The molecule has 0 bridgehead atoms. The van der Waals surface area contributed by atoms with Crippen molar-refractivity contribution in [3.8, 4) is 5.75 Å². The van der Waals surface area contributed by atoms with Crippen LogP contribution >= 0.6 is 11.6 Å². The number of benzene rings is 1. The molecule has 0 amide bonds. The number of hydrogen-bond acceptors (Lipinski definition) is 4. The van der Waals surface area contributed by atoms with Crippen LogP contribution in [0.3, 0.4) is 0 Å². The third kappa shape index (κ3) is 3.45. The van der Waals surface area contributed by atoms with Gasteiger partial charge in [0.05, 0.1) is 11.6 Å². The number of para-hydroxylation sites is 1. The first-order valence-corrected chi connectivity index (χ1v) is 7.55. The maximum absolute atomic E-state index is 6.15.